The molecule has 1 spiro atoms. The first-order chi connectivity index (χ1) is 19.7. The Morgan fingerprint density at radius 2 is 1.67 bits per heavy atom. The Morgan fingerprint density at radius 3 is 2.24 bits per heavy atom. The lowest BCUT2D eigenvalue weighted by molar-refractivity contribution is -0.137. The van der Waals surface area contributed by atoms with Crippen LogP contribution in [0, 0.1) is 5.92 Å². The minimum Gasteiger partial charge on any atom is -0.395 e. The third-order valence-corrected chi connectivity index (χ3v) is 11.4. The number of halogens is 3. The summed E-state index contributed by atoms with van der Waals surface area (Å²) >= 11 is 0. The number of rotatable bonds is 10. The number of aliphatic hydroxyl groups is 2. The number of sulfonamides is 2. The van der Waals surface area contributed by atoms with E-state index in [0.29, 0.717) is 21.6 Å². The molecule has 0 bridgehead atoms. The van der Waals surface area contributed by atoms with Crippen LogP contribution >= 0.6 is 0 Å². The lowest BCUT2D eigenvalue weighted by atomic mass is 9.88. The minimum atomic E-state index is -5.02. The number of carbonyl (C=O) groups is 1. The predicted molar refractivity (Wildman–Crippen MR) is 148 cm³/mol. The summed E-state index contributed by atoms with van der Waals surface area (Å²) in [5, 5.41) is 21.8. The van der Waals surface area contributed by atoms with Crippen molar-refractivity contribution in [3.8, 4) is 0 Å². The molecule has 16 heteroatoms. The van der Waals surface area contributed by atoms with Crippen LogP contribution in [-0.2, 0) is 31.0 Å². The normalized spacial score (nSPS) is 20.9. The van der Waals surface area contributed by atoms with Gasteiger partial charge in [0.1, 0.15) is 11.4 Å². The monoisotopic (exact) mass is 636 g/mol. The number of carbonyl (C=O) groups excluding carboxylic acids is 1. The van der Waals surface area contributed by atoms with Crippen molar-refractivity contribution in [3.05, 3.63) is 34.7 Å². The molecule has 1 saturated carbocycles. The van der Waals surface area contributed by atoms with Gasteiger partial charge in [-0.3, -0.25) is 9.79 Å². The van der Waals surface area contributed by atoms with Crippen molar-refractivity contribution < 1.29 is 45.0 Å². The molecule has 1 amide bonds. The van der Waals surface area contributed by atoms with Crippen molar-refractivity contribution in [1.29, 1.82) is 0 Å². The van der Waals surface area contributed by atoms with E-state index in [-0.39, 0.29) is 37.8 Å². The number of aliphatic hydroxyl groups excluding tert-OH is 2. The first-order valence-corrected chi connectivity index (χ1v) is 16.7. The van der Waals surface area contributed by atoms with Crippen LogP contribution < -0.4 is 5.32 Å². The number of nitrogens with zero attached hydrogens (tertiary/aromatic N) is 3. The minimum absolute atomic E-state index is 0.0452. The fourth-order valence-corrected chi connectivity index (χ4v) is 8.25. The fraction of sp³-hybridized carbons (Fsp3) is 0.615. The largest absolute Gasteiger partial charge is 0.417 e. The maximum absolute atomic E-state index is 13.9. The number of alkyl halides is 3. The lowest BCUT2D eigenvalue weighted by Crippen LogP contribution is -2.50. The molecule has 1 aromatic carbocycles. The Morgan fingerprint density at radius 1 is 1.05 bits per heavy atom. The SMILES string of the molecule is O=C1NC(C2CCCCC2)=NC12CCN(S(=O)(=O)/C=C/c1ccc(S(=O)(=O)N(CCO)CCO)cc1C(F)(F)F)CC2. The van der Waals surface area contributed by atoms with Gasteiger partial charge in [0.2, 0.25) is 20.0 Å². The Labute approximate surface area is 243 Å². The molecule has 0 unspecified atom stereocenters. The summed E-state index contributed by atoms with van der Waals surface area (Å²) in [4.78, 5) is 16.8. The maximum atomic E-state index is 13.9. The molecule has 234 valence electrons. The van der Waals surface area contributed by atoms with Gasteiger partial charge >= 0.3 is 6.18 Å². The number of hydrogen-bond acceptors (Lipinski definition) is 8. The number of benzene rings is 1. The van der Waals surface area contributed by atoms with Gasteiger partial charge in [-0.05, 0) is 49.5 Å². The van der Waals surface area contributed by atoms with Crippen molar-refractivity contribution in [2.45, 2.75) is 61.6 Å². The highest BCUT2D eigenvalue weighted by atomic mass is 32.2. The van der Waals surface area contributed by atoms with Crippen LogP contribution in [0.15, 0.2) is 33.5 Å². The zero-order valence-electron chi connectivity index (χ0n) is 22.9. The van der Waals surface area contributed by atoms with Crippen LogP contribution in [0.5, 0.6) is 0 Å². The molecule has 0 radical (unpaired) electrons. The van der Waals surface area contributed by atoms with Crippen LogP contribution in [0.3, 0.4) is 0 Å². The number of amidine groups is 1. The van der Waals surface area contributed by atoms with Crippen molar-refractivity contribution in [2.24, 2.45) is 10.9 Å². The van der Waals surface area contributed by atoms with E-state index >= 15 is 0 Å². The molecule has 4 rings (SSSR count). The molecule has 3 N–H and O–H groups in total. The topological polar surface area (TPSA) is 157 Å². The molecular formula is C26H35F3N4O7S2. The van der Waals surface area contributed by atoms with Crippen LogP contribution in [0.2, 0.25) is 0 Å². The molecule has 2 heterocycles. The van der Waals surface area contributed by atoms with Gasteiger partial charge in [0.25, 0.3) is 5.91 Å². The maximum Gasteiger partial charge on any atom is 0.417 e. The molecule has 11 nitrogen and oxygen atoms in total. The summed E-state index contributed by atoms with van der Waals surface area (Å²) in [7, 11) is -8.68. The Hall–Kier alpha value is -2.37. The molecular weight excluding hydrogens is 601 g/mol. The number of hydrogen-bond donors (Lipinski definition) is 3. The van der Waals surface area contributed by atoms with E-state index in [4.69, 9.17) is 15.2 Å². The molecule has 0 aromatic heterocycles. The zero-order chi connectivity index (χ0) is 30.8. The first kappa shape index (κ1) is 32.5. The molecule has 1 saturated heterocycles. The van der Waals surface area contributed by atoms with E-state index in [0.717, 1.165) is 54.6 Å². The zero-order valence-corrected chi connectivity index (χ0v) is 24.5. The average molecular weight is 637 g/mol. The van der Waals surface area contributed by atoms with Crippen LogP contribution in [0.25, 0.3) is 6.08 Å². The van der Waals surface area contributed by atoms with E-state index < -0.39 is 74.1 Å². The van der Waals surface area contributed by atoms with Gasteiger partial charge in [0.05, 0.1) is 23.7 Å². The van der Waals surface area contributed by atoms with E-state index in [2.05, 4.69) is 5.32 Å². The first-order valence-electron chi connectivity index (χ1n) is 13.8. The molecule has 1 aliphatic carbocycles. The van der Waals surface area contributed by atoms with E-state index in [1.807, 2.05) is 0 Å². The second kappa shape index (κ2) is 12.7. The van der Waals surface area contributed by atoms with Gasteiger partial charge in [-0.2, -0.15) is 21.8 Å². The fourth-order valence-electron chi connectivity index (χ4n) is 5.62. The molecule has 1 aromatic rings. The molecule has 42 heavy (non-hydrogen) atoms. The Kier molecular flexibility index (Phi) is 9.84. The molecule has 0 atom stereocenters. The van der Waals surface area contributed by atoms with Gasteiger partial charge in [0, 0.05) is 37.5 Å². The summed E-state index contributed by atoms with van der Waals surface area (Å²) in [6.45, 7) is -2.18. The van der Waals surface area contributed by atoms with Crippen molar-refractivity contribution in [3.63, 3.8) is 0 Å². The third kappa shape index (κ3) is 6.89. The standard InChI is InChI=1S/C26H35F3N4O7S2/c27-26(28,29)22-18-21(42(39,40)33(13-15-34)14-16-35)7-6-19(22)8-17-41(37,38)32-11-9-25(10-12-32)24(36)30-23(31-25)20-4-2-1-3-5-20/h6-8,17-18,20,34-35H,1-5,9-16H2,(H,30,31,36)/b17-8+. The smallest absolute Gasteiger partial charge is 0.395 e. The van der Waals surface area contributed by atoms with E-state index in [9.17, 15) is 34.8 Å². The number of nitrogens with one attached hydrogen (secondary N) is 1. The molecule has 3 aliphatic rings. The summed E-state index contributed by atoms with van der Waals surface area (Å²) in [6.07, 6.45) is 1.17. The van der Waals surface area contributed by atoms with Crippen molar-refractivity contribution in [2.75, 3.05) is 39.4 Å². The Balaban J connectivity index is 1.52. The molecule has 2 fully saturated rings. The van der Waals surface area contributed by atoms with Crippen molar-refractivity contribution in [1.82, 2.24) is 13.9 Å². The van der Waals surface area contributed by atoms with E-state index in [1.54, 1.807) is 0 Å². The quantitative estimate of drug-likeness (QED) is 0.354. The van der Waals surface area contributed by atoms with Gasteiger partial charge < -0.3 is 15.5 Å². The number of amides is 1. The van der Waals surface area contributed by atoms with Gasteiger partial charge in [-0.25, -0.2) is 16.8 Å². The lowest BCUT2D eigenvalue weighted by Gasteiger charge is -2.34. The summed E-state index contributed by atoms with van der Waals surface area (Å²) in [5.74, 6) is 0.595. The third-order valence-electron chi connectivity index (χ3n) is 7.99. The summed E-state index contributed by atoms with van der Waals surface area (Å²) in [5.41, 5.74) is -2.98. The van der Waals surface area contributed by atoms with E-state index in [1.165, 1.54) is 0 Å². The summed E-state index contributed by atoms with van der Waals surface area (Å²) < 4.78 is 95.3. The van der Waals surface area contributed by atoms with Crippen LogP contribution in [-0.4, -0.2) is 92.3 Å². The number of aliphatic imine (C=N–C) groups is 1. The van der Waals surface area contributed by atoms with Gasteiger partial charge in [-0.1, -0.05) is 25.3 Å². The van der Waals surface area contributed by atoms with Crippen LogP contribution in [0.1, 0.15) is 56.1 Å². The number of piperidine rings is 1. The predicted octanol–water partition coefficient (Wildman–Crippen LogP) is 1.92. The average Bonchev–Trinajstić information content (AvgIpc) is 3.27. The molecule has 2 aliphatic heterocycles. The van der Waals surface area contributed by atoms with Gasteiger partial charge in [-0.15, -0.1) is 0 Å². The van der Waals surface area contributed by atoms with Crippen LogP contribution in [0.4, 0.5) is 13.2 Å². The highest BCUT2D eigenvalue weighted by Gasteiger charge is 2.48. The highest BCUT2D eigenvalue weighted by Crippen LogP contribution is 2.37. The van der Waals surface area contributed by atoms with Gasteiger partial charge in [0.15, 0.2) is 0 Å². The summed E-state index contributed by atoms with van der Waals surface area (Å²) in [6, 6.07) is 2.16. The second-order valence-electron chi connectivity index (χ2n) is 10.7. The highest BCUT2D eigenvalue weighted by molar-refractivity contribution is 7.92. The van der Waals surface area contributed by atoms with Crippen molar-refractivity contribution >= 4 is 37.9 Å². The second-order valence-corrected chi connectivity index (χ2v) is 14.4. The Bertz CT molecular complexity index is 1430.